The number of rotatable bonds is 4. The van der Waals surface area contributed by atoms with Gasteiger partial charge in [-0.3, -0.25) is 9.59 Å². The van der Waals surface area contributed by atoms with E-state index in [0.29, 0.717) is 28.6 Å². The highest BCUT2D eigenvalue weighted by Gasteiger charge is 2.34. The van der Waals surface area contributed by atoms with Crippen LogP contribution in [0.25, 0.3) is 0 Å². The van der Waals surface area contributed by atoms with Crippen molar-refractivity contribution in [3.8, 4) is 12.3 Å². The number of ketones is 1. The van der Waals surface area contributed by atoms with Gasteiger partial charge in [-0.05, 0) is 24.6 Å². The van der Waals surface area contributed by atoms with Crippen LogP contribution in [0.15, 0.2) is 18.2 Å². The highest BCUT2D eigenvalue weighted by atomic mass is 35.5. The van der Waals surface area contributed by atoms with Crippen LogP contribution in [0.5, 0.6) is 0 Å². The summed E-state index contributed by atoms with van der Waals surface area (Å²) in [7, 11) is 0. The lowest BCUT2D eigenvalue weighted by Gasteiger charge is -2.10. The molecule has 0 radical (unpaired) electrons. The smallest absolute Gasteiger partial charge is 0.237 e. The molecule has 1 heterocycles. The molecule has 2 N–H and O–H groups in total. The summed E-state index contributed by atoms with van der Waals surface area (Å²) in [5.74, 6) is 1.78. The van der Waals surface area contributed by atoms with E-state index in [1.165, 1.54) is 6.07 Å². The zero-order chi connectivity index (χ0) is 15.4. The van der Waals surface area contributed by atoms with Crippen LogP contribution in [0.2, 0.25) is 10.0 Å². The van der Waals surface area contributed by atoms with E-state index in [2.05, 4.69) is 16.6 Å². The number of terminal acetylenes is 1. The lowest BCUT2D eigenvalue weighted by molar-refractivity contribution is -0.122. The molecule has 2 rings (SSSR count). The Morgan fingerprint density at radius 1 is 1.43 bits per heavy atom. The molecule has 1 saturated heterocycles. The first-order valence-electron chi connectivity index (χ1n) is 6.46. The van der Waals surface area contributed by atoms with E-state index in [4.69, 9.17) is 29.6 Å². The van der Waals surface area contributed by atoms with Crippen molar-refractivity contribution in [2.75, 3.05) is 13.1 Å². The van der Waals surface area contributed by atoms with Crippen LogP contribution in [0.3, 0.4) is 0 Å². The maximum absolute atomic E-state index is 12.4. The van der Waals surface area contributed by atoms with Gasteiger partial charge in [-0.15, -0.1) is 6.42 Å². The molecule has 2 unspecified atom stereocenters. The van der Waals surface area contributed by atoms with Gasteiger partial charge in [0.1, 0.15) is 0 Å². The molecule has 0 spiro atoms. The Kier molecular flexibility index (Phi) is 5.24. The zero-order valence-corrected chi connectivity index (χ0v) is 12.7. The first-order chi connectivity index (χ1) is 10.0. The van der Waals surface area contributed by atoms with Gasteiger partial charge in [0.15, 0.2) is 5.78 Å². The number of halogens is 2. The van der Waals surface area contributed by atoms with E-state index in [9.17, 15) is 9.59 Å². The highest BCUT2D eigenvalue weighted by molar-refractivity contribution is 6.36. The predicted molar refractivity (Wildman–Crippen MR) is 82.5 cm³/mol. The van der Waals surface area contributed by atoms with Gasteiger partial charge in [-0.25, -0.2) is 0 Å². The Morgan fingerprint density at radius 2 is 2.19 bits per heavy atom. The molecule has 0 aliphatic carbocycles. The maximum Gasteiger partial charge on any atom is 0.237 e. The van der Waals surface area contributed by atoms with Crippen LogP contribution >= 0.6 is 23.2 Å². The fourth-order valence-corrected chi connectivity index (χ4v) is 2.81. The molecule has 1 aliphatic rings. The Bertz CT molecular complexity index is 610. The highest BCUT2D eigenvalue weighted by Crippen LogP contribution is 2.26. The van der Waals surface area contributed by atoms with Crippen molar-refractivity contribution in [3.05, 3.63) is 33.8 Å². The largest absolute Gasteiger partial charge is 0.344 e. The molecule has 2 atom stereocenters. The van der Waals surface area contributed by atoms with Crippen molar-refractivity contribution in [1.29, 1.82) is 0 Å². The van der Waals surface area contributed by atoms with Gasteiger partial charge < -0.3 is 10.6 Å². The molecule has 6 heteroatoms. The lowest BCUT2D eigenvalue weighted by atomic mass is 9.95. The summed E-state index contributed by atoms with van der Waals surface area (Å²) in [6.45, 7) is 0.616. The van der Waals surface area contributed by atoms with E-state index in [-0.39, 0.29) is 24.2 Å². The van der Waals surface area contributed by atoms with E-state index in [0.717, 1.165) is 0 Å². The number of Topliss-reactive ketones (excluding diaryl/α,β-unsaturated/α-hetero) is 1. The van der Waals surface area contributed by atoms with Crippen molar-refractivity contribution in [3.63, 3.8) is 0 Å². The molecule has 1 amide bonds. The van der Waals surface area contributed by atoms with E-state index in [1.807, 2.05) is 0 Å². The molecular weight excluding hydrogens is 311 g/mol. The van der Waals surface area contributed by atoms with Crippen LogP contribution < -0.4 is 10.6 Å². The molecule has 1 aliphatic heterocycles. The molecule has 0 saturated carbocycles. The number of amides is 1. The van der Waals surface area contributed by atoms with Gasteiger partial charge in [0.05, 0.1) is 17.6 Å². The topological polar surface area (TPSA) is 58.2 Å². The molecule has 1 fully saturated rings. The standard InChI is InChI=1S/C15H14Cl2N2O2/c1-2-5-18-15(21)13-6-9(8-19-13)14(20)11-4-3-10(16)7-12(11)17/h1,3-4,7,9,13,19H,5-6,8H2,(H,18,21). The van der Waals surface area contributed by atoms with E-state index >= 15 is 0 Å². The minimum Gasteiger partial charge on any atom is -0.344 e. The molecule has 21 heavy (non-hydrogen) atoms. The van der Waals surface area contributed by atoms with Crippen LogP contribution in [0, 0.1) is 18.3 Å². The summed E-state index contributed by atoms with van der Waals surface area (Å²) in [4.78, 5) is 24.2. The van der Waals surface area contributed by atoms with Gasteiger partial charge in [0.25, 0.3) is 0 Å². The van der Waals surface area contributed by atoms with Gasteiger partial charge >= 0.3 is 0 Å². The second kappa shape index (κ2) is 6.95. The number of benzene rings is 1. The van der Waals surface area contributed by atoms with Crippen molar-refractivity contribution in [1.82, 2.24) is 10.6 Å². The number of hydrogen-bond acceptors (Lipinski definition) is 3. The van der Waals surface area contributed by atoms with Crippen molar-refractivity contribution < 1.29 is 9.59 Å². The Labute approximate surface area is 133 Å². The average molecular weight is 325 g/mol. The number of carbonyl (C=O) groups excluding carboxylic acids is 2. The molecule has 4 nitrogen and oxygen atoms in total. The van der Waals surface area contributed by atoms with E-state index < -0.39 is 6.04 Å². The van der Waals surface area contributed by atoms with Gasteiger partial charge in [0.2, 0.25) is 5.91 Å². The number of nitrogens with one attached hydrogen (secondary N) is 2. The summed E-state index contributed by atoms with van der Waals surface area (Å²) in [5, 5.41) is 6.43. The third-order valence-corrected chi connectivity index (χ3v) is 3.93. The van der Waals surface area contributed by atoms with E-state index in [1.54, 1.807) is 12.1 Å². The number of carbonyl (C=O) groups is 2. The maximum atomic E-state index is 12.4. The third kappa shape index (κ3) is 3.76. The van der Waals surface area contributed by atoms with Crippen LogP contribution in [-0.2, 0) is 4.79 Å². The second-order valence-corrected chi connectivity index (χ2v) is 5.65. The molecular formula is C15H14Cl2N2O2. The Hall–Kier alpha value is -1.54. The van der Waals surface area contributed by atoms with Crippen molar-refractivity contribution in [2.24, 2.45) is 5.92 Å². The van der Waals surface area contributed by atoms with Gasteiger partial charge in [0, 0.05) is 23.0 Å². The molecule has 0 aromatic heterocycles. The first-order valence-corrected chi connectivity index (χ1v) is 7.22. The summed E-state index contributed by atoms with van der Waals surface area (Å²) in [6.07, 6.45) is 5.52. The zero-order valence-electron chi connectivity index (χ0n) is 11.2. The SMILES string of the molecule is C#CCNC(=O)C1CC(C(=O)c2ccc(Cl)cc2Cl)CN1. The average Bonchev–Trinajstić information content (AvgIpc) is 2.94. The summed E-state index contributed by atoms with van der Waals surface area (Å²) in [5.41, 5.74) is 0.428. The first kappa shape index (κ1) is 15.8. The molecule has 1 aromatic rings. The fraction of sp³-hybridized carbons (Fsp3) is 0.333. The Morgan fingerprint density at radius 3 is 2.86 bits per heavy atom. The normalized spacial score (nSPS) is 20.8. The minimum absolute atomic E-state index is 0.0867. The number of hydrogen-bond donors (Lipinski definition) is 2. The molecule has 110 valence electrons. The van der Waals surface area contributed by atoms with Gasteiger partial charge in [-0.1, -0.05) is 29.1 Å². The molecule has 1 aromatic carbocycles. The fourth-order valence-electron chi connectivity index (χ4n) is 2.31. The molecule has 0 bridgehead atoms. The second-order valence-electron chi connectivity index (χ2n) is 4.80. The third-order valence-electron chi connectivity index (χ3n) is 3.38. The van der Waals surface area contributed by atoms with Crippen LogP contribution in [0.4, 0.5) is 0 Å². The summed E-state index contributed by atoms with van der Waals surface area (Å²) >= 11 is 11.9. The minimum atomic E-state index is -0.404. The summed E-state index contributed by atoms with van der Waals surface area (Å²) in [6, 6.07) is 4.37. The lowest BCUT2D eigenvalue weighted by Crippen LogP contribution is -2.40. The van der Waals surface area contributed by atoms with Crippen LogP contribution in [-0.4, -0.2) is 30.8 Å². The monoisotopic (exact) mass is 324 g/mol. The van der Waals surface area contributed by atoms with Crippen molar-refractivity contribution >= 4 is 34.9 Å². The predicted octanol–water partition coefficient (Wildman–Crippen LogP) is 1.90. The summed E-state index contributed by atoms with van der Waals surface area (Å²) < 4.78 is 0. The van der Waals surface area contributed by atoms with Gasteiger partial charge in [-0.2, -0.15) is 0 Å². The Balaban J connectivity index is 2.02. The quantitative estimate of drug-likeness (QED) is 0.657. The van der Waals surface area contributed by atoms with Crippen molar-refractivity contribution in [2.45, 2.75) is 12.5 Å². The van der Waals surface area contributed by atoms with Crippen LogP contribution in [0.1, 0.15) is 16.8 Å².